The lowest BCUT2D eigenvalue weighted by molar-refractivity contribution is -0.131. The summed E-state index contributed by atoms with van der Waals surface area (Å²) in [5, 5.41) is 0. The molecule has 0 saturated heterocycles. The molecule has 0 atom stereocenters. The molecule has 2 amide bonds. The lowest BCUT2D eigenvalue weighted by atomic mass is 9.95. The van der Waals surface area contributed by atoms with Gasteiger partial charge in [-0.1, -0.05) is 13.8 Å². The first-order valence-corrected chi connectivity index (χ1v) is 10.6. The van der Waals surface area contributed by atoms with Crippen molar-refractivity contribution in [2.45, 2.75) is 52.1 Å². The predicted molar refractivity (Wildman–Crippen MR) is 112 cm³/mol. The van der Waals surface area contributed by atoms with Crippen molar-refractivity contribution in [1.29, 1.82) is 0 Å². The molecular formula is C22H29N5O3. The van der Waals surface area contributed by atoms with Gasteiger partial charge in [-0.15, -0.1) is 0 Å². The Kier molecular flexibility index (Phi) is 5.49. The third-order valence-electron chi connectivity index (χ3n) is 5.81. The molecule has 1 aliphatic carbocycles. The van der Waals surface area contributed by atoms with Crippen LogP contribution in [0.3, 0.4) is 0 Å². The number of carbonyl (C=O) groups excluding carboxylic acids is 2. The van der Waals surface area contributed by atoms with Crippen molar-refractivity contribution in [3.63, 3.8) is 0 Å². The molecule has 0 spiro atoms. The number of rotatable bonds is 6. The average Bonchev–Trinajstić information content (AvgIpc) is 3.42. The lowest BCUT2D eigenvalue weighted by Gasteiger charge is -2.31. The number of H-pyrrole nitrogens is 1. The first kappa shape index (κ1) is 20.4. The van der Waals surface area contributed by atoms with Crippen molar-refractivity contribution in [3.05, 3.63) is 51.5 Å². The van der Waals surface area contributed by atoms with E-state index in [1.807, 2.05) is 6.20 Å². The molecule has 1 aliphatic heterocycles. The minimum Gasteiger partial charge on any atom is -0.348 e. The van der Waals surface area contributed by atoms with Crippen LogP contribution < -0.4 is 5.56 Å². The van der Waals surface area contributed by atoms with Gasteiger partial charge in [0.1, 0.15) is 5.56 Å². The summed E-state index contributed by atoms with van der Waals surface area (Å²) in [7, 11) is 1.76. The Morgan fingerprint density at radius 3 is 2.73 bits per heavy atom. The minimum atomic E-state index is -0.211. The standard InChI is InChI=1S/C22H29N5O3/c1-14(2)10-25(3)21(29)20-18-6-7-26(19(28)8-16-9-23-13-24-16)11-15(18)12-27(22(20)30)17-4-5-17/h9,12-14,17H,4-8,10-11H2,1-3H3,(H,23,24). The molecule has 4 rings (SSSR count). The molecule has 1 saturated carbocycles. The summed E-state index contributed by atoms with van der Waals surface area (Å²) in [6.45, 7) is 5.62. The summed E-state index contributed by atoms with van der Waals surface area (Å²) in [5.74, 6) is 0.121. The van der Waals surface area contributed by atoms with E-state index in [9.17, 15) is 14.4 Å². The van der Waals surface area contributed by atoms with E-state index in [2.05, 4.69) is 23.8 Å². The van der Waals surface area contributed by atoms with Crippen LogP contribution in [0, 0.1) is 5.92 Å². The second-order valence-corrected chi connectivity index (χ2v) is 8.85. The summed E-state index contributed by atoms with van der Waals surface area (Å²) in [6.07, 6.45) is 7.79. The SMILES string of the molecule is CC(C)CN(C)C(=O)c1c2c(cn(C3CC3)c1=O)CN(C(=O)Cc1cnc[nH]1)CC2. The number of pyridine rings is 1. The topological polar surface area (TPSA) is 91.3 Å². The van der Waals surface area contributed by atoms with Crippen molar-refractivity contribution in [2.75, 3.05) is 20.1 Å². The van der Waals surface area contributed by atoms with Gasteiger partial charge in [-0.05, 0) is 36.3 Å². The number of imidazole rings is 1. The van der Waals surface area contributed by atoms with E-state index in [1.54, 1.807) is 33.9 Å². The van der Waals surface area contributed by atoms with Crippen molar-refractivity contribution >= 4 is 11.8 Å². The van der Waals surface area contributed by atoms with Crippen molar-refractivity contribution in [1.82, 2.24) is 24.3 Å². The van der Waals surface area contributed by atoms with E-state index in [-0.39, 0.29) is 29.8 Å². The monoisotopic (exact) mass is 411 g/mol. The molecular weight excluding hydrogens is 382 g/mol. The number of aromatic nitrogens is 3. The molecule has 0 aromatic carbocycles. The zero-order chi connectivity index (χ0) is 21.4. The van der Waals surface area contributed by atoms with Gasteiger partial charge >= 0.3 is 0 Å². The van der Waals surface area contributed by atoms with Gasteiger partial charge in [-0.25, -0.2) is 4.98 Å². The third-order valence-corrected chi connectivity index (χ3v) is 5.81. The maximum absolute atomic E-state index is 13.2. The van der Waals surface area contributed by atoms with Crippen LogP contribution in [-0.4, -0.2) is 56.3 Å². The van der Waals surface area contributed by atoms with Gasteiger partial charge < -0.3 is 19.4 Å². The first-order valence-electron chi connectivity index (χ1n) is 10.6. The quantitative estimate of drug-likeness (QED) is 0.784. The predicted octanol–water partition coefficient (Wildman–Crippen LogP) is 1.76. The molecule has 3 heterocycles. The number of aromatic amines is 1. The van der Waals surface area contributed by atoms with Gasteiger partial charge in [-0.3, -0.25) is 14.4 Å². The van der Waals surface area contributed by atoms with Gasteiger partial charge in [-0.2, -0.15) is 0 Å². The zero-order valence-electron chi connectivity index (χ0n) is 17.9. The van der Waals surface area contributed by atoms with Crippen LogP contribution >= 0.6 is 0 Å². The van der Waals surface area contributed by atoms with Gasteiger partial charge in [0.05, 0.1) is 12.7 Å². The maximum Gasteiger partial charge on any atom is 0.263 e. The second kappa shape index (κ2) is 8.08. The highest BCUT2D eigenvalue weighted by Gasteiger charge is 2.33. The molecule has 8 heteroatoms. The average molecular weight is 412 g/mol. The number of carbonyl (C=O) groups is 2. The van der Waals surface area contributed by atoms with Gasteiger partial charge in [0.15, 0.2) is 0 Å². The Labute approximate surface area is 175 Å². The smallest absolute Gasteiger partial charge is 0.263 e. The Morgan fingerprint density at radius 2 is 2.10 bits per heavy atom. The summed E-state index contributed by atoms with van der Waals surface area (Å²) in [5.41, 5.74) is 2.60. The molecule has 8 nitrogen and oxygen atoms in total. The number of amides is 2. The normalized spacial score (nSPS) is 15.9. The highest BCUT2D eigenvalue weighted by molar-refractivity contribution is 5.95. The molecule has 30 heavy (non-hydrogen) atoms. The van der Waals surface area contributed by atoms with Crippen LogP contribution in [0.25, 0.3) is 0 Å². The highest BCUT2D eigenvalue weighted by atomic mass is 16.2. The summed E-state index contributed by atoms with van der Waals surface area (Å²) < 4.78 is 1.72. The van der Waals surface area contributed by atoms with Crippen LogP contribution in [0.15, 0.2) is 23.5 Å². The lowest BCUT2D eigenvalue weighted by Crippen LogP contribution is -2.42. The number of hydrogen-bond donors (Lipinski definition) is 1. The fraction of sp³-hybridized carbons (Fsp3) is 0.545. The van der Waals surface area contributed by atoms with Crippen molar-refractivity contribution in [3.8, 4) is 0 Å². The van der Waals surface area contributed by atoms with Gasteiger partial charge in [0.25, 0.3) is 11.5 Å². The molecule has 1 N–H and O–H groups in total. The molecule has 160 valence electrons. The number of nitrogens with zero attached hydrogens (tertiary/aromatic N) is 4. The van der Waals surface area contributed by atoms with E-state index < -0.39 is 0 Å². The van der Waals surface area contributed by atoms with E-state index in [4.69, 9.17) is 0 Å². The molecule has 0 radical (unpaired) electrons. The fourth-order valence-electron chi connectivity index (χ4n) is 4.21. The number of fused-ring (bicyclic) bond motifs is 1. The number of hydrogen-bond acceptors (Lipinski definition) is 4. The summed E-state index contributed by atoms with van der Waals surface area (Å²) in [6, 6.07) is 0.167. The molecule has 2 aromatic rings. The second-order valence-electron chi connectivity index (χ2n) is 8.85. The Balaban J connectivity index is 1.65. The molecule has 0 unspecified atom stereocenters. The highest BCUT2D eigenvalue weighted by Crippen LogP contribution is 2.35. The molecule has 2 aliphatic rings. The van der Waals surface area contributed by atoms with Crippen LogP contribution in [0.2, 0.25) is 0 Å². The van der Waals surface area contributed by atoms with Gasteiger partial charge in [0.2, 0.25) is 5.91 Å². The Bertz CT molecular complexity index is 1000. The van der Waals surface area contributed by atoms with Crippen LogP contribution in [0.5, 0.6) is 0 Å². The molecule has 0 bridgehead atoms. The Hall–Kier alpha value is -2.90. The Morgan fingerprint density at radius 1 is 1.33 bits per heavy atom. The van der Waals surface area contributed by atoms with Crippen LogP contribution in [-0.2, 0) is 24.2 Å². The van der Waals surface area contributed by atoms with E-state index in [0.29, 0.717) is 37.5 Å². The minimum absolute atomic E-state index is 0.0128. The molecule has 2 aromatic heterocycles. The van der Waals surface area contributed by atoms with E-state index >= 15 is 0 Å². The summed E-state index contributed by atoms with van der Waals surface area (Å²) >= 11 is 0. The largest absolute Gasteiger partial charge is 0.348 e. The van der Waals surface area contributed by atoms with E-state index in [1.165, 1.54) is 0 Å². The molecule has 1 fully saturated rings. The van der Waals surface area contributed by atoms with Crippen LogP contribution in [0.1, 0.15) is 59.9 Å². The first-order chi connectivity index (χ1) is 14.3. The fourth-order valence-corrected chi connectivity index (χ4v) is 4.21. The van der Waals surface area contributed by atoms with E-state index in [0.717, 1.165) is 29.7 Å². The zero-order valence-corrected chi connectivity index (χ0v) is 17.9. The summed E-state index contributed by atoms with van der Waals surface area (Å²) in [4.78, 5) is 49.6. The maximum atomic E-state index is 13.2. The van der Waals surface area contributed by atoms with Crippen molar-refractivity contribution in [2.24, 2.45) is 5.92 Å². The van der Waals surface area contributed by atoms with Crippen LogP contribution in [0.4, 0.5) is 0 Å². The third kappa shape index (κ3) is 4.04. The van der Waals surface area contributed by atoms with Crippen molar-refractivity contribution < 1.29 is 9.59 Å². The number of nitrogens with one attached hydrogen (secondary N) is 1. The van der Waals surface area contributed by atoms with Gasteiger partial charge in [0, 0.05) is 50.8 Å².